The molecule has 0 bridgehead atoms. The number of benzene rings is 2. The minimum absolute atomic E-state index is 0.121. The molecule has 0 aromatic heterocycles. The Hall–Kier alpha value is -2.55. The molecule has 0 aliphatic carbocycles. The highest BCUT2D eigenvalue weighted by molar-refractivity contribution is 7.99. The molecule has 0 radical (unpaired) electrons. The summed E-state index contributed by atoms with van der Waals surface area (Å²) in [4.78, 5) is 14.6. The summed E-state index contributed by atoms with van der Waals surface area (Å²) in [5.41, 5.74) is 0.886. The van der Waals surface area contributed by atoms with Crippen LogP contribution in [0.2, 0.25) is 0 Å². The highest BCUT2D eigenvalue weighted by Crippen LogP contribution is 2.44. The molecule has 0 saturated carbocycles. The van der Waals surface area contributed by atoms with Crippen molar-refractivity contribution in [2.24, 2.45) is 0 Å². The van der Waals surface area contributed by atoms with Crippen molar-refractivity contribution in [1.29, 1.82) is 0 Å². The van der Waals surface area contributed by atoms with E-state index < -0.39 is 12.1 Å². The largest absolute Gasteiger partial charge is 0.573 e. The SMILES string of the molecule is COc1ccc(OC)c(C2SCCN2C(=O)c2cccc(OC(F)(F)F)c2)c1. The van der Waals surface area contributed by atoms with E-state index in [1.54, 1.807) is 42.0 Å². The van der Waals surface area contributed by atoms with E-state index >= 15 is 0 Å². The molecule has 1 amide bonds. The minimum atomic E-state index is -4.82. The van der Waals surface area contributed by atoms with Crippen molar-refractivity contribution in [1.82, 2.24) is 4.90 Å². The number of carbonyl (C=O) groups excluding carboxylic acids is 1. The molecular formula is C19H18F3NO4S. The van der Waals surface area contributed by atoms with Gasteiger partial charge in [0.15, 0.2) is 0 Å². The summed E-state index contributed by atoms with van der Waals surface area (Å²) in [7, 11) is 3.08. The third kappa shape index (κ3) is 4.46. The molecule has 150 valence electrons. The van der Waals surface area contributed by atoms with Gasteiger partial charge in [-0.2, -0.15) is 0 Å². The van der Waals surface area contributed by atoms with Gasteiger partial charge in [-0.05, 0) is 36.4 Å². The van der Waals surface area contributed by atoms with Crippen LogP contribution < -0.4 is 14.2 Å². The molecule has 3 rings (SSSR count). The lowest BCUT2D eigenvalue weighted by atomic mass is 10.1. The van der Waals surface area contributed by atoms with Crippen LogP contribution in [0.5, 0.6) is 17.2 Å². The molecule has 28 heavy (non-hydrogen) atoms. The van der Waals surface area contributed by atoms with Crippen LogP contribution in [0, 0.1) is 0 Å². The molecule has 9 heteroatoms. The van der Waals surface area contributed by atoms with Gasteiger partial charge in [-0.3, -0.25) is 4.79 Å². The summed E-state index contributed by atoms with van der Waals surface area (Å²) in [6.45, 7) is 0.457. The van der Waals surface area contributed by atoms with E-state index in [1.807, 2.05) is 0 Å². The second-order valence-corrected chi connectivity index (χ2v) is 7.09. The molecule has 1 saturated heterocycles. The van der Waals surface area contributed by atoms with Gasteiger partial charge in [0.25, 0.3) is 5.91 Å². The van der Waals surface area contributed by atoms with Crippen LogP contribution in [-0.4, -0.2) is 43.7 Å². The Balaban J connectivity index is 1.89. The Labute approximate surface area is 164 Å². The number of rotatable bonds is 5. The number of alkyl halides is 3. The van der Waals surface area contributed by atoms with Gasteiger partial charge in [0, 0.05) is 23.4 Å². The summed E-state index contributed by atoms with van der Waals surface area (Å²) >= 11 is 1.55. The van der Waals surface area contributed by atoms with Crippen molar-refractivity contribution in [2.45, 2.75) is 11.7 Å². The molecule has 5 nitrogen and oxygen atoms in total. The molecule has 1 heterocycles. The number of hydrogen-bond donors (Lipinski definition) is 0. The van der Waals surface area contributed by atoms with E-state index in [2.05, 4.69) is 4.74 Å². The molecule has 1 aliphatic rings. The third-order valence-corrected chi connectivity index (χ3v) is 5.41. The van der Waals surface area contributed by atoms with E-state index in [4.69, 9.17) is 9.47 Å². The van der Waals surface area contributed by atoms with Crippen molar-refractivity contribution in [3.05, 3.63) is 53.6 Å². The molecule has 1 aliphatic heterocycles. The first-order chi connectivity index (χ1) is 13.3. The molecular weight excluding hydrogens is 395 g/mol. The number of hydrogen-bond acceptors (Lipinski definition) is 5. The number of halogens is 3. The number of nitrogens with zero attached hydrogens (tertiary/aromatic N) is 1. The Morgan fingerprint density at radius 1 is 1.11 bits per heavy atom. The maximum atomic E-state index is 13.0. The minimum Gasteiger partial charge on any atom is -0.497 e. The number of ether oxygens (including phenoxy) is 3. The number of methoxy groups -OCH3 is 2. The van der Waals surface area contributed by atoms with Gasteiger partial charge in [-0.1, -0.05) is 6.07 Å². The summed E-state index contributed by atoms with van der Waals surface area (Å²) in [5, 5.41) is -0.343. The molecule has 2 aromatic rings. The molecule has 2 aromatic carbocycles. The third-order valence-electron chi connectivity index (χ3n) is 4.17. The van der Waals surface area contributed by atoms with Crippen LogP contribution in [0.4, 0.5) is 13.2 Å². The summed E-state index contributed by atoms with van der Waals surface area (Å²) in [6, 6.07) is 10.4. The Bertz CT molecular complexity index is 859. The molecule has 1 fully saturated rings. The second-order valence-electron chi connectivity index (χ2n) is 5.91. The fourth-order valence-corrected chi connectivity index (χ4v) is 4.23. The van der Waals surface area contributed by atoms with Crippen LogP contribution in [0.15, 0.2) is 42.5 Å². The lowest BCUT2D eigenvalue weighted by molar-refractivity contribution is -0.274. The highest BCUT2D eigenvalue weighted by Gasteiger charge is 2.34. The van der Waals surface area contributed by atoms with E-state index in [-0.39, 0.29) is 16.8 Å². The zero-order chi connectivity index (χ0) is 20.3. The van der Waals surface area contributed by atoms with Gasteiger partial charge >= 0.3 is 6.36 Å². The Morgan fingerprint density at radius 3 is 2.57 bits per heavy atom. The fraction of sp³-hybridized carbons (Fsp3) is 0.316. The van der Waals surface area contributed by atoms with Crippen molar-refractivity contribution in [2.75, 3.05) is 26.5 Å². The fourth-order valence-electron chi connectivity index (χ4n) is 2.96. The van der Waals surface area contributed by atoms with Crippen LogP contribution in [0.3, 0.4) is 0 Å². The molecule has 0 N–H and O–H groups in total. The van der Waals surface area contributed by atoms with Crippen LogP contribution in [0.1, 0.15) is 21.3 Å². The van der Waals surface area contributed by atoms with Gasteiger partial charge in [-0.15, -0.1) is 24.9 Å². The van der Waals surface area contributed by atoms with Crippen molar-refractivity contribution in [3.63, 3.8) is 0 Å². The van der Waals surface area contributed by atoms with Crippen LogP contribution in [0.25, 0.3) is 0 Å². The maximum Gasteiger partial charge on any atom is 0.573 e. The van der Waals surface area contributed by atoms with E-state index in [9.17, 15) is 18.0 Å². The maximum absolute atomic E-state index is 13.0. The monoisotopic (exact) mass is 413 g/mol. The van der Waals surface area contributed by atoms with Crippen molar-refractivity contribution < 1.29 is 32.2 Å². The standard InChI is InChI=1S/C19H18F3NO4S/c1-25-13-6-7-16(26-2)15(11-13)18-23(8-9-28-18)17(24)12-4-3-5-14(10-12)27-19(20,21)22/h3-7,10-11,18H,8-9H2,1-2H3. The molecule has 1 atom stereocenters. The van der Waals surface area contributed by atoms with Gasteiger partial charge in [0.05, 0.1) is 14.2 Å². The van der Waals surface area contributed by atoms with Gasteiger partial charge < -0.3 is 19.1 Å². The summed E-state index contributed by atoms with van der Waals surface area (Å²) in [6.07, 6.45) is -4.82. The first kappa shape index (κ1) is 20.2. The number of carbonyl (C=O) groups is 1. The Morgan fingerprint density at radius 2 is 1.89 bits per heavy atom. The first-order valence-corrected chi connectivity index (χ1v) is 9.37. The van der Waals surface area contributed by atoms with Crippen LogP contribution >= 0.6 is 11.8 Å². The highest BCUT2D eigenvalue weighted by atomic mass is 32.2. The zero-order valence-corrected chi connectivity index (χ0v) is 16.0. The summed E-state index contributed by atoms with van der Waals surface area (Å²) < 4.78 is 52.0. The predicted octanol–water partition coefficient (Wildman–Crippen LogP) is 4.49. The number of amides is 1. The van der Waals surface area contributed by atoms with Crippen molar-refractivity contribution >= 4 is 17.7 Å². The normalized spacial score (nSPS) is 16.8. The smallest absolute Gasteiger partial charge is 0.497 e. The average molecular weight is 413 g/mol. The summed E-state index contributed by atoms with van der Waals surface area (Å²) in [5.74, 6) is 1.10. The second kappa shape index (κ2) is 8.22. The topological polar surface area (TPSA) is 48.0 Å². The molecule has 0 spiro atoms. The Kier molecular flexibility index (Phi) is 5.93. The molecule has 1 unspecified atom stereocenters. The predicted molar refractivity (Wildman–Crippen MR) is 98.9 cm³/mol. The lowest BCUT2D eigenvalue weighted by Gasteiger charge is -2.26. The number of thioether (sulfide) groups is 1. The van der Waals surface area contributed by atoms with E-state index in [0.29, 0.717) is 23.8 Å². The average Bonchev–Trinajstić information content (AvgIpc) is 3.15. The first-order valence-electron chi connectivity index (χ1n) is 8.32. The van der Waals surface area contributed by atoms with Gasteiger partial charge in [-0.25, -0.2) is 0 Å². The van der Waals surface area contributed by atoms with Gasteiger partial charge in [0.2, 0.25) is 0 Å². The van der Waals surface area contributed by atoms with E-state index in [0.717, 1.165) is 17.7 Å². The quantitative estimate of drug-likeness (QED) is 0.723. The van der Waals surface area contributed by atoms with Crippen LogP contribution in [-0.2, 0) is 0 Å². The zero-order valence-electron chi connectivity index (χ0n) is 15.2. The lowest BCUT2D eigenvalue weighted by Crippen LogP contribution is -2.30. The van der Waals surface area contributed by atoms with Crippen molar-refractivity contribution in [3.8, 4) is 17.2 Å². The van der Waals surface area contributed by atoms with E-state index in [1.165, 1.54) is 19.2 Å². The van der Waals surface area contributed by atoms with Gasteiger partial charge in [0.1, 0.15) is 22.6 Å².